The fraction of sp³-hybridized carbons (Fsp3) is 0.500. The van der Waals surface area contributed by atoms with Crippen LogP contribution in [0.3, 0.4) is 0 Å². The lowest BCUT2D eigenvalue weighted by Gasteiger charge is -1.78. The zero-order valence-electron chi connectivity index (χ0n) is 5.72. The third-order valence-corrected chi connectivity index (χ3v) is 0.895. The molecule has 0 saturated heterocycles. The van der Waals surface area contributed by atoms with E-state index in [1.165, 1.54) is 12.8 Å². The molecular formula is C8H14. The molecule has 0 heteroatoms. The van der Waals surface area contributed by atoms with Gasteiger partial charge in [-0.2, -0.15) is 0 Å². The van der Waals surface area contributed by atoms with E-state index in [4.69, 9.17) is 0 Å². The van der Waals surface area contributed by atoms with Crippen molar-refractivity contribution in [3.8, 4) is 0 Å². The Morgan fingerprint density at radius 1 is 1.25 bits per heavy atom. The van der Waals surface area contributed by atoms with E-state index in [9.17, 15) is 0 Å². The predicted octanol–water partition coefficient (Wildman–Crippen LogP) is 2.92. The summed E-state index contributed by atoms with van der Waals surface area (Å²) in [5.74, 6) is 0. The van der Waals surface area contributed by atoms with Gasteiger partial charge in [0.15, 0.2) is 0 Å². The van der Waals surface area contributed by atoms with E-state index >= 15 is 0 Å². The molecule has 46 valence electrons. The summed E-state index contributed by atoms with van der Waals surface area (Å²) in [5, 5.41) is 0. The van der Waals surface area contributed by atoms with Crippen LogP contribution in [0.15, 0.2) is 24.3 Å². The zero-order valence-corrected chi connectivity index (χ0v) is 5.72. The van der Waals surface area contributed by atoms with E-state index in [-0.39, 0.29) is 0 Å². The van der Waals surface area contributed by atoms with Crippen molar-refractivity contribution in [3.63, 3.8) is 0 Å². The van der Waals surface area contributed by atoms with Gasteiger partial charge < -0.3 is 0 Å². The Morgan fingerprint density at radius 3 is 2.50 bits per heavy atom. The molecule has 0 bridgehead atoms. The molecule has 0 rings (SSSR count). The lowest BCUT2D eigenvalue weighted by atomic mass is 10.3. The van der Waals surface area contributed by atoms with Gasteiger partial charge in [-0.25, -0.2) is 0 Å². The molecule has 0 saturated carbocycles. The van der Waals surface area contributed by atoms with Crippen molar-refractivity contribution in [1.29, 1.82) is 0 Å². The highest BCUT2D eigenvalue weighted by molar-refractivity contribution is 5.00. The molecule has 0 nitrogen and oxygen atoms in total. The Bertz CT molecular complexity index is 78.0. The average molecular weight is 110 g/mol. The molecule has 0 amide bonds. The fourth-order valence-corrected chi connectivity index (χ4v) is 0.453. The van der Waals surface area contributed by atoms with Gasteiger partial charge in [-0.3, -0.25) is 0 Å². The van der Waals surface area contributed by atoms with E-state index in [2.05, 4.69) is 25.2 Å². The van der Waals surface area contributed by atoms with Gasteiger partial charge in [-0.15, -0.1) is 0 Å². The molecule has 0 radical (unpaired) electrons. The Labute approximate surface area is 51.9 Å². The first-order chi connectivity index (χ1) is 3.91. The first-order valence-corrected chi connectivity index (χ1v) is 3.19. The maximum atomic E-state index is 2.18. The monoisotopic (exact) mass is 110 g/mol. The van der Waals surface area contributed by atoms with Crippen LogP contribution in [0.2, 0.25) is 0 Å². The van der Waals surface area contributed by atoms with Crippen molar-refractivity contribution in [2.24, 2.45) is 0 Å². The molecule has 0 unspecified atom stereocenters. The zero-order chi connectivity index (χ0) is 6.24. The van der Waals surface area contributed by atoms with Crippen LogP contribution >= 0.6 is 0 Å². The second-order valence-electron chi connectivity index (χ2n) is 1.74. The molecule has 0 aromatic rings. The largest absolute Gasteiger partial charge is 0.0877 e. The second-order valence-corrected chi connectivity index (χ2v) is 1.74. The summed E-state index contributed by atoms with van der Waals surface area (Å²) in [6.45, 7) is 4.20. The van der Waals surface area contributed by atoms with Gasteiger partial charge in [0, 0.05) is 0 Å². The number of hydrogen-bond acceptors (Lipinski definition) is 0. The highest BCUT2D eigenvalue weighted by atomic mass is 13.7. The van der Waals surface area contributed by atoms with Crippen molar-refractivity contribution in [1.82, 2.24) is 0 Å². The number of rotatable bonds is 3. The smallest absolute Gasteiger partial charge is 0.0350 e. The van der Waals surface area contributed by atoms with Crippen LogP contribution in [0.5, 0.6) is 0 Å². The van der Waals surface area contributed by atoms with Crippen molar-refractivity contribution >= 4 is 0 Å². The molecule has 0 atom stereocenters. The molecule has 0 N–H and O–H groups in total. The Hall–Kier alpha value is -0.520. The molecule has 0 spiro atoms. The van der Waals surface area contributed by atoms with Gasteiger partial charge in [0.25, 0.3) is 0 Å². The van der Waals surface area contributed by atoms with Crippen molar-refractivity contribution in [2.75, 3.05) is 0 Å². The van der Waals surface area contributed by atoms with Crippen LogP contribution in [0.4, 0.5) is 0 Å². The van der Waals surface area contributed by atoms with Crippen molar-refractivity contribution < 1.29 is 0 Å². The Kier molecular flexibility index (Phi) is 6.06. The minimum atomic E-state index is 1.20. The molecule has 0 aromatic heterocycles. The van der Waals surface area contributed by atoms with E-state index in [1.807, 2.05) is 13.0 Å². The summed E-state index contributed by atoms with van der Waals surface area (Å²) in [4.78, 5) is 0. The Balaban J connectivity index is 3.07. The summed E-state index contributed by atoms with van der Waals surface area (Å²) in [7, 11) is 0. The summed E-state index contributed by atoms with van der Waals surface area (Å²) in [5.41, 5.74) is 0. The quantitative estimate of drug-likeness (QED) is 0.490. The van der Waals surface area contributed by atoms with Crippen LogP contribution in [0.25, 0.3) is 0 Å². The molecule has 0 aliphatic carbocycles. The predicted molar refractivity (Wildman–Crippen MR) is 38.9 cm³/mol. The van der Waals surface area contributed by atoms with Gasteiger partial charge in [-0.1, -0.05) is 37.6 Å². The number of hydrogen-bond donors (Lipinski definition) is 0. The third kappa shape index (κ3) is 5.48. The second kappa shape index (κ2) is 6.48. The fourth-order valence-electron chi connectivity index (χ4n) is 0.453. The molecule has 0 aliphatic heterocycles. The highest BCUT2D eigenvalue weighted by Gasteiger charge is 1.67. The lowest BCUT2D eigenvalue weighted by molar-refractivity contribution is 0.959. The molecule has 0 heterocycles. The molecule has 0 fully saturated rings. The molecule has 8 heavy (non-hydrogen) atoms. The standard InChI is InChI=1S/C8H14/c1-3-5-7-8-6-4-2/h3,5,7-8H,4,6H2,1-2H3/b5-3?,8-7-. The summed E-state index contributed by atoms with van der Waals surface area (Å²) in [6, 6.07) is 0. The summed E-state index contributed by atoms with van der Waals surface area (Å²) in [6.07, 6.45) is 10.8. The average Bonchev–Trinajstić information content (AvgIpc) is 1.81. The SMILES string of the molecule is CC=C/C=C\CCC. The minimum absolute atomic E-state index is 1.20. The Morgan fingerprint density at radius 2 is 2.00 bits per heavy atom. The minimum Gasteiger partial charge on any atom is -0.0877 e. The van der Waals surface area contributed by atoms with Crippen molar-refractivity contribution in [2.45, 2.75) is 26.7 Å². The van der Waals surface area contributed by atoms with E-state index in [0.717, 1.165) is 0 Å². The molecule has 0 aromatic carbocycles. The maximum Gasteiger partial charge on any atom is -0.0350 e. The number of unbranched alkanes of at least 4 members (excludes halogenated alkanes) is 1. The topological polar surface area (TPSA) is 0 Å². The van der Waals surface area contributed by atoms with Gasteiger partial charge in [0.05, 0.1) is 0 Å². The van der Waals surface area contributed by atoms with Crippen LogP contribution in [-0.2, 0) is 0 Å². The first-order valence-electron chi connectivity index (χ1n) is 3.19. The molecule has 0 aliphatic rings. The lowest BCUT2D eigenvalue weighted by Crippen LogP contribution is -1.57. The summed E-state index contributed by atoms with van der Waals surface area (Å²) < 4.78 is 0. The van der Waals surface area contributed by atoms with Crippen LogP contribution < -0.4 is 0 Å². The van der Waals surface area contributed by atoms with Gasteiger partial charge >= 0.3 is 0 Å². The molecular weight excluding hydrogens is 96.1 g/mol. The van der Waals surface area contributed by atoms with E-state index < -0.39 is 0 Å². The maximum absolute atomic E-state index is 2.18. The van der Waals surface area contributed by atoms with Crippen molar-refractivity contribution in [3.05, 3.63) is 24.3 Å². The third-order valence-electron chi connectivity index (χ3n) is 0.895. The van der Waals surface area contributed by atoms with Crippen LogP contribution in [-0.4, -0.2) is 0 Å². The summed E-state index contributed by atoms with van der Waals surface area (Å²) >= 11 is 0. The first kappa shape index (κ1) is 7.48. The van der Waals surface area contributed by atoms with Gasteiger partial charge in [-0.05, 0) is 13.3 Å². The van der Waals surface area contributed by atoms with Gasteiger partial charge in [0.1, 0.15) is 0 Å². The number of allylic oxidation sites excluding steroid dienone is 4. The highest BCUT2D eigenvalue weighted by Crippen LogP contribution is 1.87. The normalized spacial score (nSPS) is 11.8. The van der Waals surface area contributed by atoms with Gasteiger partial charge in [0.2, 0.25) is 0 Å². The van der Waals surface area contributed by atoms with Crippen LogP contribution in [0.1, 0.15) is 26.7 Å². The van der Waals surface area contributed by atoms with E-state index in [1.54, 1.807) is 0 Å². The van der Waals surface area contributed by atoms with Crippen LogP contribution in [0, 0.1) is 0 Å². The van der Waals surface area contributed by atoms with E-state index in [0.29, 0.717) is 0 Å².